The molecule has 38 heavy (non-hydrogen) atoms. The molecule has 1 aromatic carbocycles. The van der Waals surface area contributed by atoms with Crippen molar-refractivity contribution in [3.63, 3.8) is 0 Å². The minimum atomic E-state index is -1.97. The fourth-order valence-electron chi connectivity index (χ4n) is 3.90. The first-order valence-corrected chi connectivity index (χ1v) is 13.0. The molecule has 0 aromatic heterocycles. The normalized spacial score (nSPS) is 16.2. The van der Waals surface area contributed by atoms with Crippen molar-refractivity contribution in [1.29, 1.82) is 0 Å². The number of benzene rings is 1. The van der Waals surface area contributed by atoms with Crippen LogP contribution in [0.25, 0.3) is 0 Å². The molecule has 1 aromatic rings. The molecule has 0 saturated carbocycles. The van der Waals surface area contributed by atoms with E-state index in [1.54, 1.807) is 43.0 Å². The number of morpholine rings is 1. The maximum Gasteiger partial charge on any atom is 0.274 e. The fourth-order valence-corrected chi connectivity index (χ4v) is 3.90. The highest BCUT2D eigenvalue weighted by atomic mass is 16.5. The summed E-state index contributed by atoms with van der Waals surface area (Å²) in [5, 5.41) is 25.1. The zero-order valence-corrected chi connectivity index (χ0v) is 22.7. The van der Waals surface area contributed by atoms with Gasteiger partial charge in [0, 0.05) is 25.9 Å². The number of amides is 3. The number of aliphatic hydroxyl groups excluding tert-OH is 1. The van der Waals surface area contributed by atoms with Crippen LogP contribution in [0.3, 0.4) is 0 Å². The van der Waals surface area contributed by atoms with Gasteiger partial charge in [-0.15, -0.1) is 0 Å². The van der Waals surface area contributed by atoms with Crippen LogP contribution in [0.1, 0.15) is 46.5 Å². The van der Waals surface area contributed by atoms with E-state index in [1.165, 1.54) is 12.6 Å². The molecule has 3 atom stereocenters. The summed E-state index contributed by atoms with van der Waals surface area (Å²) in [7, 11) is 1.42. The lowest BCUT2D eigenvalue weighted by Gasteiger charge is -2.38. The highest BCUT2D eigenvalue weighted by molar-refractivity contribution is 5.96. The van der Waals surface area contributed by atoms with Crippen LogP contribution in [0.4, 0.5) is 5.69 Å². The van der Waals surface area contributed by atoms with Gasteiger partial charge in [0.2, 0.25) is 11.8 Å². The zero-order valence-electron chi connectivity index (χ0n) is 22.7. The summed E-state index contributed by atoms with van der Waals surface area (Å²) in [6.07, 6.45) is 2.35. The second kappa shape index (κ2) is 15.5. The van der Waals surface area contributed by atoms with E-state index >= 15 is 0 Å². The predicted molar refractivity (Wildman–Crippen MR) is 140 cm³/mol. The maximum atomic E-state index is 13.4. The Kier molecular flexibility index (Phi) is 12.7. The van der Waals surface area contributed by atoms with Crippen LogP contribution in [-0.4, -0.2) is 96.7 Å². The average molecular weight is 539 g/mol. The summed E-state index contributed by atoms with van der Waals surface area (Å²) >= 11 is 0. The maximum absolute atomic E-state index is 13.4. The third kappa shape index (κ3) is 9.12. The molecule has 214 valence electrons. The number of methoxy groups -OCH3 is 1. The molecular weight excluding hydrogens is 496 g/mol. The Morgan fingerprint density at radius 1 is 1.08 bits per heavy atom. The Balaban J connectivity index is 2.18. The van der Waals surface area contributed by atoms with Crippen LogP contribution in [-0.2, 0) is 23.9 Å². The lowest BCUT2D eigenvalue weighted by atomic mass is 9.95. The number of carbonyl (C=O) groups is 3. The van der Waals surface area contributed by atoms with Gasteiger partial charge in [0.25, 0.3) is 5.91 Å². The quantitative estimate of drug-likeness (QED) is 0.125. The monoisotopic (exact) mass is 538 g/mol. The van der Waals surface area contributed by atoms with Crippen molar-refractivity contribution in [3.05, 3.63) is 24.3 Å². The van der Waals surface area contributed by atoms with Crippen molar-refractivity contribution >= 4 is 23.4 Å². The minimum Gasteiger partial charge on any atom is -0.494 e. The fraction of sp³-hybridized carbons (Fsp3) is 0.654. The third-order valence-electron chi connectivity index (χ3n) is 6.50. The molecule has 0 aliphatic carbocycles. The lowest BCUT2D eigenvalue weighted by Crippen LogP contribution is -2.64. The molecule has 12 nitrogen and oxygen atoms in total. The van der Waals surface area contributed by atoms with Crippen molar-refractivity contribution < 1.29 is 38.9 Å². The number of hydrogen-bond acceptors (Lipinski definition) is 9. The van der Waals surface area contributed by atoms with Gasteiger partial charge in [0.1, 0.15) is 17.8 Å². The molecular formula is C26H42N4O8. The van der Waals surface area contributed by atoms with Gasteiger partial charge >= 0.3 is 0 Å². The number of rotatable bonds is 15. The SMILES string of the molecule is CCCCCCOc1ccc(NC(C(=O)NC(C(=O)N2CCOCC2)C(C)(C)OC)C(O)C(=O)NO)cc1. The van der Waals surface area contributed by atoms with E-state index in [2.05, 4.69) is 17.6 Å². The summed E-state index contributed by atoms with van der Waals surface area (Å²) in [5.41, 5.74) is 0.656. The predicted octanol–water partition coefficient (Wildman–Crippen LogP) is 1.06. The largest absolute Gasteiger partial charge is 0.494 e. The van der Waals surface area contributed by atoms with Crippen molar-refractivity contribution in [2.24, 2.45) is 0 Å². The van der Waals surface area contributed by atoms with Crippen LogP contribution in [0.15, 0.2) is 24.3 Å². The summed E-state index contributed by atoms with van der Waals surface area (Å²) in [6.45, 7) is 7.48. The average Bonchev–Trinajstić information content (AvgIpc) is 2.94. The van der Waals surface area contributed by atoms with Gasteiger partial charge in [-0.1, -0.05) is 26.2 Å². The first-order chi connectivity index (χ1) is 18.1. The lowest BCUT2D eigenvalue weighted by molar-refractivity contribution is -0.149. The van der Waals surface area contributed by atoms with Crippen LogP contribution in [0.5, 0.6) is 5.75 Å². The summed E-state index contributed by atoms with van der Waals surface area (Å²) in [5.74, 6) is -1.77. The molecule has 5 N–H and O–H groups in total. The zero-order chi connectivity index (χ0) is 28.1. The smallest absolute Gasteiger partial charge is 0.274 e. The van der Waals surface area contributed by atoms with Gasteiger partial charge in [-0.25, -0.2) is 5.48 Å². The Hall–Kier alpha value is -2.93. The molecule has 1 saturated heterocycles. The number of unbranched alkanes of at least 4 members (excludes halogenated alkanes) is 3. The third-order valence-corrected chi connectivity index (χ3v) is 6.50. The van der Waals surface area contributed by atoms with Crippen LogP contribution in [0.2, 0.25) is 0 Å². The van der Waals surface area contributed by atoms with Gasteiger partial charge in [-0.2, -0.15) is 0 Å². The Bertz CT molecular complexity index is 890. The number of nitrogens with zero attached hydrogens (tertiary/aromatic N) is 1. The molecule has 1 aliphatic rings. The first kappa shape index (κ1) is 31.3. The van der Waals surface area contributed by atoms with Gasteiger partial charge < -0.3 is 34.9 Å². The molecule has 2 rings (SSSR count). The van der Waals surface area contributed by atoms with E-state index in [4.69, 9.17) is 19.4 Å². The Labute approximate surface area is 224 Å². The highest BCUT2D eigenvalue weighted by Crippen LogP contribution is 2.20. The number of hydroxylamine groups is 1. The molecule has 0 bridgehead atoms. The standard InChI is InChI=1S/C26H42N4O8/c1-5-6-7-8-15-38-19-11-9-18(10-12-19)27-20(21(31)24(33)29-35)23(32)28-22(26(2,3)36-4)25(34)30-13-16-37-17-14-30/h9-12,20-22,27,31,35H,5-8,13-17H2,1-4H3,(H,28,32)(H,29,33). The van der Waals surface area contributed by atoms with Crippen molar-refractivity contribution in [2.75, 3.05) is 45.3 Å². The number of anilines is 1. The van der Waals surface area contributed by atoms with E-state index in [-0.39, 0.29) is 5.91 Å². The van der Waals surface area contributed by atoms with E-state index in [0.717, 1.165) is 25.7 Å². The van der Waals surface area contributed by atoms with E-state index in [9.17, 15) is 19.5 Å². The molecule has 3 unspecified atom stereocenters. The molecule has 1 aliphatic heterocycles. The topological polar surface area (TPSA) is 159 Å². The van der Waals surface area contributed by atoms with Crippen LogP contribution >= 0.6 is 0 Å². The van der Waals surface area contributed by atoms with Crippen molar-refractivity contribution in [1.82, 2.24) is 15.7 Å². The molecule has 3 amide bonds. The van der Waals surface area contributed by atoms with E-state index < -0.39 is 35.6 Å². The van der Waals surface area contributed by atoms with E-state index in [0.29, 0.717) is 44.3 Å². The highest BCUT2D eigenvalue weighted by Gasteiger charge is 2.42. The number of ether oxygens (including phenoxy) is 3. The summed E-state index contributed by atoms with van der Waals surface area (Å²) in [6, 6.07) is 4.01. The number of aliphatic hydroxyl groups is 1. The number of carbonyl (C=O) groups excluding carboxylic acids is 3. The Morgan fingerprint density at radius 2 is 1.74 bits per heavy atom. The Morgan fingerprint density at radius 3 is 2.32 bits per heavy atom. The second-order valence-corrected chi connectivity index (χ2v) is 9.66. The molecule has 1 heterocycles. The van der Waals surface area contributed by atoms with Gasteiger partial charge in [0.05, 0.1) is 25.4 Å². The van der Waals surface area contributed by atoms with Crippen LogP contribution < -0.4 is 20.9 Å². The molecule has 0 spiro atoms. The molecule has 12 heteroatoms. The molecule has 0 radical (unpaired) electrons. The van der Waals surface area contributed by atoms with Crippen LogP contribution in [0, 0.1) is 0 Å². The number of nitrogens with one attached hydrogen (secondary N) is 3. The minimum absolute atomic E-state index is 0.356. The van der Waals surface area contributed by atoms with Crippen molar-refractivity contribution in [3.8, 4) is 5.75 Å². The summed E-state index contributed by atoms with van der Waals surface area (Å²) < 4.78 is 16.5. The van der Waals surface area contributed by atoms with E-state index in [1.807, 2.05) is 0 Å². The molecule has 1 fully saturated rings. The van der Waals surface area contributed by atoms with Gasteiger partial charge in [-0.3, -0.25) is 19.6 Å². The second-order valence-electron chi connectivity index (χ2n) is 9.66. The van der Waals surface area contributed by atoms with Crippen molar-refractivity contribution in [2.45, 2.75) is 70.2 Å². The summed E-state index contributed by atoms with van der Waals surface area (Å²) in [4.78, 5) is 40.3. The van der Waals surface area contributed by atoms with Gasteiger partial charge in [-0.05, 0) is 44.5 Å². The number of hydrogen-bond donors (Lipinski definition) is 5. The first-order valence-electron chi connectivity index (χ1n) is 13.0. The van der Waals surface area contributed by atoms with Gasteiger partial charge in [0.15, 0.2) is 6.10 Å².